The van der Waals surface area contributed by atoms with Gasteiger partial charge in [-0.05, 0) is 30.3 Å². The van der Waals surface area contributed by atoms with Gasteiger partial charge in [0.15, 0.2) is 0 Å². The van der Waals surface area contributed by atoms with Gasteiger partial charge >= 0.3 is 6.18 Å². The van der Waals surface area contributed by atoms with E-state index in [0.717, 1.165) is 24.3 Å². The van der Waals surface area contributed by atoms with Gasteiger partial charge in [-0.3, -0.25) is 0 Å². The molecule has 1 aromatic carbocycles. The molecule has 2 N–H and O–H groups in total. The lowest BCUT2D eigenvalue weighted by atomic mass is 10.0. The average molecular weight is 388 g/mol. The second-order valence-corrected chi connectivity index (χ2v) is 5.44. The van der Waals surface area contributed by atoms with Gasteiger partial charge in [-0.25, -0.2) is 18.7 Å². The lowest BCUT2D eigenvalue weighted by Gasteiger charge is -2.12. The lowest BCUT2D eigenvalue weighted by Crippen LogP contribution is -2.09. The Labute approximate surface area is 147 Å². The van der Waals surface area contributed by atoms with Gasteiger partial charge in [-0.2, -0.15) is 13.2 Å². The highest BCUT2D eigenvalue weighted by Gasteiger charge is 2.33. The maximum absolute atomic E-state index is 14.1. The third kappa shape index (κ3) is 3.54. The molecule has 3 rings (SSSR count). The van der Waals surface area contributed by atoms with Crippen molar-refractivity contribution in [3.8, 4) is 22.5 Å². The molecule has 11 heteroatoms. The van der Waals surface area contributed by atoms with Crippen molar-refractivity contribution in [2.75, 3.05) is 5.73 Å². The number of benzene rings is 1. The van der Waals surface area contributed by atoms with E-state index in [1.807, 2.05) is 0 Å². The predicted octanol–water partition coefficient (Wildman–Crippen LogP) is 4.13. The number of alkyl halides is 3. The number of rotatable bonds is 2. The highest BCUT2D eigenvalue weighted by molar-refractivity contribution is 6.29. The summed E-state index contributed by atoms with van der Waals surface area (Å²) in [7, 11) is 0. The molecule has 134 valence electrons. The van der Waals surface area contributed by atoms with E-state index in [1.54, 1.807) is 0 Å². The third-order valence-electron chi connectivity index (χ3n) is 3.24. The first-order valence-electron chi connectivity index (χ1n) is 6.86. The Bertz CT molecular complexity index is 993. The van der Waals surface area contributed by atoms with Crippen LogP contribution in [0, 0.1) is 11.6 Å². The third-order valence-corrected chi connectivity index (χ3v) is 3.44. The van der Waals surface area contributed by atoms with Crippen molar-refractivity contribution in [1.82, 2.24) is 20.2 Å². The SMILES string of the molecule is Nc1nnc(-c2cc(Cl)nc(C(F)(F)F)c2)c(-c2cc(F)ccc2F)n1. The zero-order valence-corrected chi connectivity index (χ0v) is 13.3. The topological polar surface area (TPSA) is 77.6 Å². The Kier molecular flexibility index (Phi) is 4.45. The fourth-order valence-corrected chi connectivity index (χ4v) is 2.39. The molecule has 0 bridgehead atoms. The summed E-state index contributed by atoms with van der Waals surface area (Å²) in [5, 5.41) is 6.68. The predicted molar refractivity (Wildman–Crippen MR) is 82.8 cm³/mol. The number of pyridine rings is 1. The second kappa shape index (κ2) is 6.45. The average Bonchev–Trinajstić information content (AvgIpc) is 2.55. The monoisotopic (exact) mass is 387 g/mol. The molecule has 0 aliphatic heterocycles. The van der Waals surface area contributed by atoms with E-state index in [-0.39, 0.29) is 28.5 Å². The van der Waals surface area contributed by atoms with Crippen LogP contribution in [0.15, 0.2) is 30.3 Å². The molecule has 0 saturated heterocycles. The number of hydrogen-bond donors (Lipinski definition) is 1. The van der Waals surface area contributed by atoms with Crippen LogP contribution in [0.5, 0.6) is 0 Å². The number of hydrogen-bond acceptors (Lipinski definition) is 5. The lowest BCUT2D eigenvalue weighted by molar-refractivity contribution is -0.141. The Morgan fingerprint density at radius 1 is 0.923 bits per heavy atom. The van der Waals surface area contributed by atoms with Crippen LogP contribution >= 0.6 is 11.6 Å². The smallest absolute Gasteiger partial charge is 0.366 e. The highest BCUT2D eigenvalue weighted by atomic mass is 35.5. The molecule has 2 heterocycles. The molecule has 0 spiro atoms. The zero-order chi connectivity index (χ0) is 19.1. The molecule has 0 saturated carbocycles. The Hall–Kier alpha value is -2.88. The quantitative estimate of drug-likeness (QED) is 0.528. The number of aromatic nitrogens is 4. The van der Waals surface area contributed by atoms with Gasteiger partial charge in [0.1, 0.15) is 33.9 Å². The number of nitrogens with two attached hydrogens (primary N) is 1. The maximum atomic E-state index is 14.1. The Morgan fingerprint density at radius 3 is 2.35 bits per heavy atom. The van der Waals surface area contributed by atoms with Crippen LogP contribution < -0.4 is 5.73 Å². The fraction of sp³-hybridized carbons (Fsp3) is 0.0667. The van der Waals surface area contributed by atoms with Crippen molar-refractivity contribution in [3.63, 3.8) is 0 Å². The first kappa shape index (κ1) is 17.9. The van der Waals surface area contributed by atoms with E-state index in [1.165, 1.54) is 0 Å². The molecular weight excluding hydrogens is 381 g/mol. The molecule has 0 fully saturated rings. The molecule has 3 aromatic rings. The second-order valence-electron chi connectivity index (χ2n) is 5.05. The summed E-state index contributed by atoms with van der Waals surface area (Å²) < 4.78 is 66.5. The molecule has 2 aromatic heterocycles. The first-order chi connectivity index (χ1) is 12.1. The van der Waals surface area contributed by atoms with E-state index in [9.17, 15) is 22.0 Å². The van der Waals surface area contributed by atoms with Gasteiger partial charge in [-0.15, -0.1) is 10.2 Å². The van der Waals surface area contributed by atoms with Crippen LogP contribution in [0.4, 0.5) is 27.9 Å². The molecule has 0 unspecified atom stereocenters. The standard InChI is InChI=1S/C15H7ClF5N5/c16-11-4-6(3-10(23-11)15(19,20)21)12-13(24-14(22)26-25-12)8-5-7(17)1-2-9(8)18/h1-5H,(H2,22,24,26). The Morgan fingerprint density at radius 2 is 1.65 bits per heavy atom. The summed E-state index contributed by atoms with van der Waals surface area (Å²) >= 11 is 5.65. The normalized spacial score (nSPS) is 11.6. The van der Waals surface area contributed by atoms with Crippen molar-refractivity contribution in [1.29, 1.82) is 0 Å². The molecular formula is C15H7ClF5N5. The summed E-state index contributed by atoms with van der Waals surface area (Å²) in [6, 6.07) is 4.25. The summed E-state index contributed by atoms with van der Waals surface area (Å²) in [6.07, 6.45) is -4.78. The van der Waals surface area contributed by atoms with Gasteiger partial charge in [-0.1, -0.05) is 11.6 Å². The van der Waals surface area contributed by atoms with Crippen molar-refractivity contribution in [2.24, 2.45) is 0 Å². The van der Waals surface area contributed by atoms with Crippen molar-refractivity contribution < 1.29 is 22.0 Å². The van der Waals surface area contributed by atoms with E-state index in [0.29, 0.717) is 6.07 Å². The molecule has 0 amide bonds. The number of nitrogen functional groups attached to an aromatic ring is 1. The van der Waals surface area contributed by atoms with Gasteiger partial charge in [0, 0.05) is 11.1 Å². The van der Waals surface area contributed by atoms with Crippen LogP contribution in [0.3, 0.4) is 0 Å². The van der Waals surface area contributed by atoms with E-state index < -0.39 is 28.7 Å². The minimum Gasteiger partial charge on any atom is -0.366 e. The van der Waals surface area contributed by atoms with Gasteiger partial charge in [0.05, 0.1) is 0 Å². The largest absolute Gasteiger partial charge is 0.433 e. The summed E-state index contributed by atoms with van der Waals surface area (Å²) in [5.41, 5.74) is 3.07. The van der Waals surface area contributed by atoms with Crippen LogP contribution in [-0.4, -0.2) is 20.2 Å². The van der Waals surface area contributed by atoms with Crippen LogP contribution in [0.1, 0.15) is 5.69 Å². The number of halogens is 6. The van der Waals surface area contributed by atoms with E-state index in [4.69, 9.17) is 17.3 Å². The molecule has 0 aliphatic rings. The highest BCUT2D eigenvalue weighted by Crippen LogP contribution is 2.35. The van der Waals surface area contributed by atoms with E-state index in [2.05, 4.69) is 20.2 Å². The fourth-order valence-electron chi connectivity index (χ4n) is 2.18. The molecule has 5 nitrogen and oxygen atoms in total. The summed E-state index contributed by atoms with van der Waals surface area (Å²) in [6.45, 7) is 0. The number of anilines is 1. The van der Waals surface area contributed by atoms with Crippen molar-refractivity contribution in [2.45, 2.75) is 6.18 Å². The van der Waals surface area contributed by atoms with Gasteiger partial charge < -0.3 is 5.73 Å². The Balaban J connectivity index is 2.28. The maximum Gasteiger partial charge on any atom is 0.433 e. The van der Waals surface area contributed by atoms with Gasteiger partial charge in [0.25, 0.3) is 0 Å². The zero-order valence-electron chi connectivity index (χ0n) is 12.5. The number of nitrogens with zero attached hydrogens (tertiary/aromatic N) is 4. The van der Waals surface area contributed by atoms with Crippen molar-refractivity contribution >= 4 is 17.5 Å². The van der Waals surface area contributed by atoms with Crippen molar-refractivity contribution in [3.05, 3.63) is 52.8 Å². The summed E-state index contributed by atoms with van der Waals surface area (Å²) in [4.78, 5) is 6.99. The first-order valence-corrected chi connectivity index (χ1v) is 7.23. The van der Waals surface area contributed by atoms with Crippen LogP contribution in [-0.2, 0) is 6.18 Å². The molecule has 26 heavy (non-hydrogen) atoms. The summed E-state index contributed by atoms with van der Waals surface area (Å²) in [5.74, 6) is -2.03. The molecule has 0 aliphatic carbocycles. The molecule has 0 radical (unpaired) electrons. The van der Waals surface area contributed by atoms with E-state index >= 15 is 0 Å². The minimum absolute atomic E-state index is 0.184. The van der Waals surface area contributed by atoms with Crippen LogP contribution in [0.2, 0.25) is 5.15 Å². The van der Waals surface area contributed by atoms with Gasteiger partial charge in [0.2, 0.25) is 5.95 Å². The molecule has 0 atom stereocenters. The van der Waals surface area contributed by atoms with Crippen LogP contribution in [0.25, 0.3) is 22.5 Å². The minimum atomic E-state index is -4.78.